The van der Waals surface area contributed by atoms with Gasteiger partial charge < -0.3 is 9.79 Å². The molecule has 1 aromatic heterocycles. The van der Waals surface area contributed by atoms with Gasteiger partial charge >= 0.3 is 0 Å². The van der Waals surface area contributed by atoms with Gasteiger partial charge in [-0.15, -0.1) is 11.3 Å². The molecule has 0 saturated heterocycles. The van der Waals surface area contributed by atoms with Crippen molar-refractivity contribution >= 4 is 30.3 Å². The fourth-order valence-corrected chi connectivity index (χ4v) is 6.18. The topological polar surface area (TPSA) is 40.5 Å². The minimum Gasteiger partial charge on any atom is -0.342 e. The standard InChI is InChI=1S/C13H23O2PS2/c1-3-5-9-13(10-6-4-2,18-16(14)15)12-8-7-11-17-12/h7-8,11,14-15H,3-6,9-10H2,1-2H3. The van der Waals surface area contributed by atoms with Gasteiger partial charge in [-0.3, -0.25) is 0 Å². The molecular formula is C13H23O2PS2. The number of hydrogen-bond acceptors (Lipinski definition) is 4. The maximum atomic E-state index is 9.47. The highest BCUT2D eigenvalue weighted by Crippen LogP contribution is 2.59. The molecule has 0 aliphatic carbocycles. The van der Waals surface area contributed by atoms with Gasteiger partial charge in [0.1, 0.15) is 0 Å². The molecule has 0 atom stereocenters. The van der Waals surface area contributed by atoms with Crippen LogP contribution in [0.2, 0.25) is 0 Å². The van der Waals surface area contributed by atoms with Crippen molar-refractivity contribution in [2.75, 3.05) is 0 Å². The summed E-state index contributed by atoms with van der Waals surface area (Å²) in [6.07, 6.45) is 6.64. The maximum Gasteiger partial charge on any atom is 0.233 e. The van der Waals surface area contributed by atoms with E-state index in [4.69, 9.17) is 0 Å². The highest BCUT2D eigenvalue weighted by molar-refractivity contribution is 8.52. The minimum absolute atomic E-state index is 0.0879. The third-order valence-electron chi connectivity index (χ3n) is 3.09. The lowest BCUT2D eigenvalue weighted by molar-refractivity contribution is 0.480. The molecule has 1 heterocycles. The average Bonchev–Trinajstić information content (AvgIpc) is 2.86. The zero-order valence-corrected chi connectivity index (χ0v) is 13.7. The van der Waals surface area contributed by atoms with Gasteiger partial charge in [-0.1, -0.05) is 57.0 Å². The van der Waals surface area contributed by atoms with Gasteiger partial charge in [0.25, 0.3) is 0 Å². The van der Waals surface area contributed by atoms with E-state index < -0.39 is 7.58 Å². The SMILES string of the molecule is CCCCC(CCCC)(SP(O)O)c1cccs1. The van der Waals surface area contributed by atoms with Gasteiger partial charge in [0.05, 0.1) is 4.75 Å². The molecule has 18 heavy (non-hydrogen) atoms. The van der Waals surface area contributed by atoms with Crippen molar-refractivity contribution in [3.63, 3.8) is 0 Å². The quantitative estimate of drug-likeness (QED) is 0.611. The molecule has 0 fully saturated rings. The molecular weight excluding hydrogens is 283 g/mol. The summed E-state index contributed by atoms with van der Waals surface area (Å²) in [5, 5.41) is 2.08. The van der Waals surface area contributed by atoms with Gasteiger partial charge in [0.2, 0.25) is 7.58 Å². The molecule has 5 heteroatoms. The fourth-order valence-electron chi connectivity index (χ4n) is 2.13. The molecule has 0 amide bonds. The van der Waals surface area contributed by atoms with E-state index in [1.807, 2.05) is 0 Å². The molecule has 0 bridgehead atoms. The summed E-state index contributed by atoms with van der Waals surface area (Å²) in [6, 6.07) is 4.20. The molecule has 1 aromatic rings. The summed E-state index contributed by atoms with van der Waals surface area (Å²) in [7, 11) is -1.90. The van der Waals surface area contributed by atoms with E-state index in [1.54, 1.807) is 11.3 Å². The van der Waals surface area contributed by atoms with Crippen molar-refractivity contribution in [2.45, 2.75) is 57.1 Å². The summed E-state index contributed by atoms with van der Waals surface area (Å²) in [5.41, 5.74) is 0. The van der Waals surface area contributed by atoms with Crippen molar-refractivity contribution in [3.8, 4) is 0 Å². The van der Waals surface area contributed by atoms with Crippen molar-refractivity contribution in [3.05, 3.63) is 22.4 Å². The Hall–Kier alpha value is 0.400. The Kier molecular flexibility index (Phi) is 7.81. The molecule has 1 rings (SSSR count). The van der Waals surface area contributed by atoms with E-state index >= 15 is 0 Å². The smallest absolute Gasteiger partial charge is 0.233 e. The van der Waals surface area contributed by atoms with Crippen LogP contribution in [-0.2, 0) is 4.75 Å². The minimum atomic E-state index is -1.90. The number of thiophene rings is 1. The second-order valence-corrected chi connectivity index (χ2v) is 8.47. The van der Waals surface area contributed by atoms with Crippen molar-refractivity contribution in [2.24, 2.45) is 0 Å². The van der Waals surface area contributed by atoms with Crippen LogP contribution in [-0.4, -0.2) is 9.79 Å². The Balaban J connectivity index is 2.91. The number of hydrogen-bond donors (Lipinski definition) is 2. The summed E-state index contributed by atoms with van der Waals surface area (Å²) < 4.78 is -0.0879. The van der Waals surface area contributed by atoms with E-state index in [0.29, 0.717) is 0 Å². The first-order valence-corrected chi connectivity index (χ1v) is 10.1. The van der Waals surface area contributed by atoms with E-state index in [0.717, 1.165) is 38.5 Å². The largest absolute Gasteiger partial charge is 0.342 e. The first kappa shape index (κ1) is 16.5. The third kappa shape index (κ3) is 4.82. The van der Waals surface area contributed by atoms with E-state index in [-0.39, 0.29) is 4.75 Å². The summed E-state index contributed by atoms with van der Waals surface area (Å²) in [6.45, 7) is 4.37. The molecule has 0 aliphatic heterocycles. The predicted molar refractivity (Wildman–Crippen MR) is 84.0 cm³/mol. The van der Waals surface area contributed by atoms with Crippen molar-refractivity contribution < 1.29 is 9.79 Å². The first-order chi connectivity index (χ1) is 8.64. The van der Waals surface area contributed by atoms with Gasteiger partial charge in [0, 0.05) is 4.88 Å². The molecule has 0 unspecified atom stereocenters. The van der Waals surface area contributed by atoms with Crippen LogP contribution in [0.4, 0.5) is 0 Å². The molecule has 2 N–H and O–H groups in total. The zero-order valence-electron chi connectivity index (χ0n) is 11.1. The summed E-state index contributed by atoms with van der Waals surface area (Å²) in [5.74, 6) is 0. The maximum absolute atomic E-state index is 9.47. The fraction of sp³-hybridized carbons (Fsp3) is 0.692. The van der Waals surface area contributed by atoms with Crippen LogP contribution in [0.5, 0.6) is 0 Å². The first-order valence-electron chi connectivity index (χ1n) is 6.55. The molecule has 0 aliphatic rings. The molecule has 0 aromatic carbocycles. The predicted octanol–water partition coefficient (Wildman–Crippen LogP) is 5.27. The third-order valence-corrected chi connectivity index (χ3v) is 6.98. The van der Waals surface area contributed by atoms with Crippen molar-refractivity contribution in [1.82, 2.24) is 0 Å². The number of unbranched alkanes of at least 4 members (excludes halogenated alkanes) is 2. The second kappa shape index (κ2) is 8.55. The number of rotatable bonds is 9. The van der Waals surface area contributed by atoms with Crippen LogP contribution in [0.1, 0.15) is 57.2 Å². The van der Waals surface area contributed by atoms with Crippen molar-refractivity contribution in [1.29, 1.82) is 0 Å². The average molecular weight is 306 g/mol. The van der Waals surface area contributed by atoms with Gasteiger partial charge in [-0.2, -0.15) is 0 Å². The Labute approximate surface area is 119 Å². The Bertz CT molecular complexity index is 307. The van der Waals surface area contributed by atoms with E-state index in [1.165, 1.54) is 16.3 Å². The molecule has 0 radical (unpaired) electrons. The van der Waals surface area contributed by atoms with Crippen LogP contribution in [0, 0.1) is 0 Å². The van der Waals surface area contributed by atoms with Crippen LogP contribution in [0.3, 0.4) is 0 Å². The Morgan fingerprint density at radius 1 is 1.22 bits per heavy atom. The normalized spacial score (nSPS) is 12.3. The monoisotopic (exact) mass is 306 g/mol. The van der Waals surface area contributed by atoms with Crippen LogP contribution in [0.15, 0.2) is 17.5 Å². The van der Waals surface area contributed by atoms with Crippen LogP contribution in [0.25, 0.3) is 0 Å². The lowest BCUT2D eigenvalue weighted by Gasteiger charge is -2.32. The molecule has 2 nitrogen and oxygen atoms in total. The molecule has 0 saturated carbocycles. The lowest BCUT2D eigenvalue weighted by atomic mass is 9.93. The van der Waals surface area contributed by atoms with Gasteiger partial charge in [-0.05, 0) is 24.3 Å². The summed E-state index contributed by atoms with van der Waals surface area (Å²) in [4.78, 5) is 20.2. The summed E-state index contributed by atoms with van der Waals surface area (Å²) >= 11 is 3.11. The highest BCUT2D eigenvalue weighted by atomic mass is 32.7. The zero-order chi connectivity index (χ0) is 13.4. The van der Waals surface area contributed by atoms with Gasteiger partial charge in [0.15, 0.2) is 0 Å². The Morgan fingerprint density at radius 2 is 1.83 bits per heavy atom. The molecule has 0 spiro atoms. The Morgan fingerprint density at radius 3 is 2.22 bits per heavy atom. The second-order valence-electron chi connectivity index (χ2n) is 4.52. The highest BCUT2D eigenvalue weighted by Gasteiger charge is 2.35. The van der Waals surface area contributed by atoms with Gasteiger partial charge in [-0.25, -0.2) is 0 Å². The van der Waals surface area contributed by atoms with Crippen LogP contribution >= 0.6 is 30.3 Å². The van der Waals surface area contributed by atoms with E-state index in [2.05, 4.69) is 31.4 Å². The molecule has 104 valence electrons. The van der Waals surface area contributed by atoms with E-state index in [9.17, 15) is 9.79 Å². The lowest BCUT2D eigenvalue weighted by Crippen LogP contribution is -2.20. The van der Waals surface area contributed by atoms with Crippen LogP contribution < -0.4 is 0 Å².